The highest BCUT2D eigenvalue weighted by molar-refractivity contribution is 5.22. The maximum atomic E-state index is 2.50. The average molecular weight is 166 g/mol. The lowest BCUT2D eigenvalue weighted by molar-refractivity contribution is -0.318. The van der Waals surface area contributed by atoms with E-state index in [-0.39, 0.29) is 0 Å². The van der Waals surface area contributed by atoms with Crippen LogP contribution >= 0.6 is 0 Å². The van der Waals surface area contributed by atoms with E-state index < -0.39 is 0 Å². The third-order valence-corrected chi connectivity index (χ3v) is 5.96. The maximum Gasteiger partial charge on any atom is -0.0189 e. The second-order valence-corrected chi connectivity index (χ2v) is 6.41. The molecule has 2 fully saturated rings. The molecule has 0 spiro atoms. The van der Waals surface area contributed by atoms with Crippen LogP contribution in [0.3, 0.4) is 0 Å². The van der Waals surface area contributed by atoms with Crippen molar-refractivity contribution in [3.05, 3.63) is 0 Å². The SMILES string of the molecule is CC1C2CC(C)(C)C2(C)C1(C)C. The molecule has 0 bridgehead atoms. The third kappa shape index (κ3) is 0.533. The first-order valence-corrected chi connectivity index (χ1v) is 5.25. The minimum atomic E-state index is 0.569. The molecular formula is C12H22. The van der Waals surface area contributed by atoms with Gasteiger partial charge in [-0.1, -0.05) is 41.5 Å². The van der Waals surface area contributed by atoms with E-state index in [0.29, 0.717) is 16.2 Å². The van der Waals surface area contributed by atoms with Crippen LogP contribution in [0, 0.1) is 28.1 Å². The van der Waals surface area contributed by atoms with Crippen molar-refractivity contribution in [2.75, 3.05) is 0 Å². The molecule has 0 aromatic heterocycles. The predicted octanol–water partition coefficient (Wildman–Crippen LogP) is 3.71. The van der Waals surface area contributed by atoms with Gasteiger partial charge in [0.25, 0.3) is 0 Å². The quantitative estimate of drug-likeness (QED) is 0.514. The van der Waals surface area contributed by atoms with Gasteiger partial charge in [-0.25, -0.2) is 0 Å². The highest BCUT2D eigenvalue weighted by Crippen LogP contribution is 2.80. The molecule has 2 saturated carbocycles. The van der Waals surface area contributed by atoms with E-state index in [1.54, 1.807) is 0 Å². The zero-order chi connectivity index (χ0) is 9.36. The zero-order valence-electron chi connectivity index (χ0n) is 9.36. The summed E-state index contributed by atoms with van der Waals surface area (Å²) in [6.07, 6.45) is 1.45. The molecule has 0 saturated heterocycles. The number of fused-ring (bicyclic) bond motifs is 1. The number of hydrogen-bond donors (Lipinski definition) is 0. The van der Waals surface area contributed by atoms with Gasteiger partial charge in [-0.2, -0.15) is 0 Å². The summed E-state index contributed by atoms with van der Waals surface area (Å²) in [5.41, 5.74) is 1.78. The monoisotopic (exact) mass is 166 g/mol. The van der Waals surface area contributed by atoms with Gasteiger partial charge in [0.1, 0.15) is 0 Å². The Morgan fingerprint density at radius 2 is 1.50 bits per heavy atom. The van der Waals surface area contributed by atoms with Crippen LogP contribution in [0.5, 0.6) is 0 Å². The number of rotatable bonds is 0. The van der Waals surface area contributed by atoms with Crippen molar-refractivity contribution >= 4 is 0 Å². The summed E-state index contributed by atoms with van der Waals surface area (Å²) in [4.78, 5) is 0. The lowest BCUT2D eigenvalue weighted by atomic mass is 9.25. The zero-order valence-corrected chi connectivity index (χ0v) is 9.36. The van der Waals surface area contributed by atoms with Crippen LogP contribution in [0.1, 0.15) is 48.0 Å². The first-order valence-electron chi connectivity index (χ1n) is 5.25. The molecule has 0 heterocycles. The van der Waals surface area contributed by atoms with Gasteiger partial charge in [0.2, 0.25) is 0 Å². The van der Waals surface area contributed by atoms with E-state index >= 15 is 0 Å². The second kappa shape index (κ2) is 1.76. The summed E-state index contributed by atoms with van der Waals surface area (Å²) in [5, 5.41) is 0. The lowest BCUT2D eigenvalue weighted by Gasteiger charge is -2.80. The van der Waals surface area contributed by atoms with Crippen molar-refractivity contribution in [3.63, 3.8) is 0 Å². The van der Waals surface area contributed by atoms with E-state index in [2.05, 4.69) is 41.5 Å². The molecule has 12 heavy (non-hydrogen) atoms. The molecule has 2 aliphatic carbocycles. The second-order valence-electron chi connectivity index (χ2n) is 6.41. The molecule has 0 nitrogen and oxygen atoms in total. The summed E-state index contributed by atoms with van der Waals surface area (Å²) in [6, 6.07) is 0. The summed E-state index contributed by atoms with van der Waals surface area (Å²) in [7, 11) is 0. The Morgan fingerprint density at radius 3 is 1.75 bits per heavy atom. The van der Waals surface area contributed by atoms with Crippen LogP contribution in [0.15, 0.2) is 0 Å². The third-order valence-electron chi connectivity index (χ3n) is 5.96. The van der Waals surface area contributed by atoms with Crippen molar-refractivity contribution in [3.8, 4) is 0 Å². The summed E-state index contributed by atoms with van der Waals surface area (Å²) >= 11 is 0. The Hall–Kier alpha value is 0. The summed E-state index contributed by atoms with van der Waals surface area (Å²) < 4.78 is 0. The summed E-state index contributed by atoms with van der Waals surface area (Å²) in [6.45, 7) is 14.7. The molecule has 2 aliphatic rings. The summed E-state index contributed by atoms with van der Waals surface area (Å²) in [5.74, 6) is 1.96. The topological polar surface area (TPSA) is 0 Å². The first-order chi connectivity index (χ1) is 5.25. The Morgan fingerprint density at radius 1 is 1.00 bits per heavy atom. The minimum absolute atomic E-state index is 0.569. The fourth-order valence-corrected chi connectivity index (χ4v) is 4.24. The van der Waals surface area contributed by atoms with E-state index in [1.165, 1.54) is 6.42 Å². The Bertz CT molecular complexity index is 224. The minimum Gasteiger partial charge on any atom is -0.0617 e. The van der Waals surface area contributed by atoms with Crippen LogP contribution in [-0.4, -0.2) is 0 Å². The van der Waals surface area contributed by atoms with Crippen molar-refractivity contribution in [2.45, 2.75) is 48.0 Å². The van der Waals surface area contributed by atoms with Gasteiger partial charge < -0.3 is 0 Å². The molecule has 2 rings (SSSR count). The Balaban J connectivity index is 2.33. The first kappa shape index (κ1) is 8.59. The maximum absolute atomic E-state index is 2.50. The van der Waals surface area contributed by atoms with Crippen molar-refractivity contribution in [1.29, 1.82) is 0 Å². The van der Waals surface area contributed by atoms with Crippen molar-refractivity contribution in [2.24, 2.45) is 28.1 Å². The fraction of sp³-hybridized carbons (Fsp3) is 1.00. The average Bonchev–Trinajstić information content (AvgIpc) is 1.97. The van der Waals surface area contributed by atoms with Gasteiger partial charge in [0, 0.05) is 0 Å². The highest BCUT2D eigenvalue weighted by Gasteiger charge is 2.74. The molecule has 0 aromatic rings. The van der Waals surface area contributed by atoms with Gasteiger partial charge in [0.15, 0.2) is 0 Å². The van der Waals surface area contributed by atoms with Crippen LogP contribution in [0.25, 0.3) is 0 Å². The molecule has 3 unspecified atom stereocenters. The lowest BCUT2D eigenvalue weighted by Crippen LogP contribution is -2.74. The molecule has 0 radical (unpaired) electrons. The van der Waals surface area contributed by atoms with Crippen LogP contribution < -0.4 is 0 Å². The van der Waals surface area contributed by atoms with E-state index in [4.69, 9.17) is 0 Å². The van der Waals surface area contributed by atoms with E-state index in [1.807, 2.05) is 0 Å². The van der Waals surface area contributed by atoms with Crippen LogP contribution in [0.4, 0.5) is 0 Å². The molecule has 0 aliphatic heterocycles. The van der Waals surface area contributed by atoms with Gasteiger partial charge in [-0.05, 0) is 34.5 Å². The van der Waals surface area contributed by atoms with Crippen LogP contribution in [0.2, 0.25) is 0 Å². The molecule has 0 aromatic carbocycles. The Labute approximate surface area is 76.7 Å². The van der Waals surface area contributed by atoms with Crippen molar-refractivity contribution < 1.29 is 0 Å². The molecule has 0 heteroatoms. The normalized spacial score (nSPS) is 53.5. The molecular weight excluding hydrogens is 144 g/mol. The van der Waals surface area contributed by atoms with E-state index in [9.17, 15) is 0 Å². The molecule has 70 valence electrons. The predicted molar refractivity (Wildman–Crippen MR) is 52.9 cm³/mol. The fourth-order valence-electron chi connectivity index (χ4n) is 4.24. The standard InChI is InChI=1S/C12H22/c1-8-9-7-10(2,3)12(9,6)11(8,4)5/h8-9H,7H2,1-6H3. The van der Waals surface area contributed by atoms with Gasteiger partial charge in [-0.15, -0.1) is 0 Å². The van der Waals surface area contributed by atoms with Gasteiger partial charge >= 0.3 is 0 Å². The van der Waals surface area contributed by atoms with E-state index in [0.717, 1.165) is 11.8 Å². The largest absolute Gasteiger partial charge is 0.0617 e. The molecule has 0 N–H and O–H groups in total. The smallest absolute Gasteiger partial charge is 0.0189 e. The van der Waals surface area contributed by atoms with Crippen LogP contribution in [-0.2, 0) is 0 Å². The van der Waals surface area contributed by atoms with Gasteiger partial charge in [0.05, 0.1) is 0 Å². The highest BCUT2D eigenvalue weighted by atomic mass is 14.8. The molecule has 3 atom stereocenters. The van der Waals surface area contributed by atoms with Gasteiger partial charge in [-0.3, -0.25) is 0 Å². The number of hydrogen-bond acceptors (Lipinski definition) is 0. The molecule has 0 amide bonds. The van der Waals surface area contributed by atoms with Crippen molar-refractivity contribution in [1.82, 2.24) is 0 Å². The Kier molecular flexibility index (Phi) is 1.26.